The van der Waals surface area contributed by atoms with E-state index in [1.807, 2.05) is 29.2 Å². The van der Waals surface area contributed by atoms with Crippen molar-refractivity contribution in [2.75, 3.05) is 54.0 Å². The molecule has 0 atom stereocenters. The lowest BCUT2D eigenvalue weighted by molar-refractivity contribution is -0.129. The van der Waals surface area contributed by atoms with Gasteiger partial charge in [-0.15, -0.1) is 0 Å². The molecule has 2 saturated heterocycles. The van der Waals surface area contributed by atoms with Crippen LogP contribution in [0.5, 0.6) is 0 Å². The van der Waals surface area contributed by atoms with Crippen LogP contribution in [0.25, 0.3) is 11.1 Å². The largest absolute Gasteiger partial charge is 0.371 e. The van der Waals surface area contributed by atoms with Crippen LogP contribution < -0.4 is 14.7 Å². The molecule has 2 aliphatic carbocycles. The van der Waals surface area contributed by atoms with Crippen LogP contribution in [0.1, 0.15) is 117 Å². The highest BCUT2D eigenvalue weighted by atomic mass is 35.5. The van der Waals surface area contributed by atoms with Crippen molar-refractivity contribution in [3.8, 4) is 29.0 Å². The Labute approximate surface area is 397 Å². The van der Waals surface area contributed by atoms with Gasteiger partial charge < -0.3 is 19.6 Å². The van der Waals surface area contributed by atoms with Crippen molar-refractivity contribution >= 4 is 40.4 Å². The van der Waals surface area contributed by atoms with E-state index in [9.17, 15) is 18.8 Å². The van der Waals surface area contributed by atoms with Gasteiger partial charge in [-0.05, 0) is 147 Å². The molecule has 67 heavy (non-hydrogen) atoms. The SMILES string of the molecule is CC(=O)N1CCc2c(c(N3CCCc4cc(-c5cnn(C)c5)c(C(F)F)cc43)nn2C2CCC3(CC2)CC(C#Cc2ccc(N4CCC5(CC4)CCN(c4ccc(C#N)c(Cl)c4)C5)cc2)C3)C1. The molecule has 4 fully saturated rings. The summed E-state index contributed by atoms with van der Waals surface area (Å²) in [4.78, 5) is 21.7. The summed E-state index contributed by atoms with van der Waals surface area (Å²) in [7, 11) is 1.80. The summed E-state index contributed by atoms with van der Waals surface area (Å²) in [6.45, 7) is 7.61. The van der Waals surface area contributed by atoms with Crippen molar-refractivity contribution in [2.24, 2.45) is 23.8 Å². The van der Waals surface area contributed by atoms with E-state index in [1.54, 1.807) is 37.1 Å². The number of alkyl halides is 2. The highest BCUT2D eigenvalue weighted by molar-refractivity contribution is 6.32. The maximum Gasteiger partial charge on any atom is 0.264 e. The zero-order valence-electron chi connectivity index (χ0n) is 38.6. The monoisotopic (exact) mass is 921 g/mol. The van der Waals surface area contributed by atoms with Gasteiger partial charge in [-0.1, -0.05) is 23.4 Å². The predicted octanol–water partition coefficient (Wildman–Crippen LogP) is 10.8. The van der Waals surface area contributed by atoms with Crippen molar-refractivity contribution < 1.29 is 13.6 Å². The average Bonchev–Trinajstić information content (AvgIpc) is 4.07. The first-order chi connectivity index (χ1) is 32.5. The minimum absolute atomic E-state index is 0.00420. The van der Waals surface area contributed by atoms with Gasteiger partial charge >= 0.3 is 0 Å². The van der Waals surface area contributed by atoms with Gasteiger partial charge in [0.1, 0.15) is 6.07 Å². The number of anilines is 4. The molecule has 1 amide bonds. The molecular weight excluding hydrogens is 864 g/mol. The Morgan fingerprint density at radius 3 is 2.33 bits per heavy atom. The fourth-order valence-electron chi connectivity index (χ4n) is 12.6. The molecule has 5 aromatic rings. The first-order valence-corrected chi connectivity index (χ1v) is 24.7. The molecule has 11 rings (SSSR count). The number of aromatic nitrogens is 4. The van der Waals surface area contributed by atoms with Gasteiger partial charge in [0.2, 0.25) is 5.91 Å². The molecule has 0 bridgehead atoms. The zero-order valence-corrected chi connectivity index (χ0v) is 39.3. The quantitative estimate of drug-likeness (QED) is 0.157. The van der Waals surface area contributed by atoms with E-state index < -0.39 is 6.43 Å². The van der Waals surface area contributed by atoms with Crippen molar-refractivity contribution in [1.82, 2.24) is 24.5 Å². The molecule has 0 N–H and O–H groups in total. The van der Waals surface area contributed by atoms with Gasteiger partial charge in [-0.2, -0.15) is 15.5 Å². The van der Waals surface area contributed by atoms with Crippen molar-refractivity contribution in [2.45, 2.75) is 103 Å². The average molecular weight is 923 g/mol. The lowest BCUT2D eigenvalue weighted by atomic mass is 9.55. The third-order valence-corrected chi connectivity index (χ3v) is 16.8. The molecule has 13 heteroatoms. The number of nitriles is 1. The molecule has 2 saturated carbocycles. The standard InChI is InChI=1S/C54H58ClF2N9O/c1-36(67)63-22-15-49-47(34-63)52(65-21-3-4-39-26-45(41-32-59-61(2)33-41)46(51(56)57)28-50(39)65)60-66(49)43-13-16-54(17-14-43)29-38(30-54)6-5-37-7-10-42(11-8-37)62-23-18-53(19-24-62)20-25-64(35-53)44-12-9-40(31-58)48(55)27-44/h7-12,26-28,32-33,38,43,51H,3-4,13-25,29-30,34-35H2,1-2H3. The number of piperidine rings is 1. The molecule has 4 aliphatic heterocycles. The number of rotatable bonds is 6. The number of amides is 1. The van der Waals surface area contributed by atoms with Gasteiger partial charge in [-0.25, -0.2) is 8.78 Å². The maximum absolute atomic E-state index is 14.8. The van der Waals surface area contributed by atoms with Gasteiger partial charge in [0.05, 0.1) is 29.4 Å². The highest BCUT2D eigenvalue weighted by Crippen LogP contribution is 2.57. The lowest BCUT2D eigenvalue weighted by Gasteiger charge is -2.50. The topological polar surface area (TPSA) is 89.5 Å². The van der Waals surface area contributed by atoms with E-state index in [1.165, 1.54) is 30.6 Å². The fraction of sp³-hybridized carbons (Fsp3) is 0.481. The molecular formula is C54H58ClF2N9O. The number of carbonyl (C=O) groups excluding carboxylic acids is 1. The minimum Gasteiger partial charge on any atom is -0.371 e. The molecule has 6 aliphatic rings. The summed E-state index contributed by atoms with van der Waals surface area (Å²) in [5.74, 6) is 8.43. The van der Waals surface area contributed by atoms with E-state index in [0.717, 1.165) is 118 Å². The number of nitrogens with zero attached hydrogens (tertiary/aromatic N) is 9. The number of carbonyl (C=O) groups is 1. The summed E-state index contributed by atoms with van der Waals surface area (Å²) in [6.07, 6.45) is 13.4. The molecule has 346 valence electrons. The summed E-state index contributed by atoms with van der Waals surface area (Å²) in [5, 5.41) is 19.5. The normalized spacial score (nSPS) is 23.2. The molecule has 0 unspecified atom stereocenters. The summed E-state index contributed by atoms with van der Waals surface area (Å²) in [6, 6.07) is 20.7. The number of hydrogen-bond acceptors (Lipinski definition) is 7. The Morgan fingerprint density at radius 2 is 1.64 bits per heavy atom. The van der Waals surface area contributed by atoms with Gasteiger partial charge in [-0.3, -0.25) is 14.2 Å². The number of fused-ring (bicyclic) bond motifs is 2. The van der Waals surface area contributed by atoms with Crippen LogP contribution in [-0.2, 0) is 31.2 Å². The van der Waals surface area contributed by atoms with Gasteiger partial charge in [0.25, 0.3) is 6.43 Å². The van der Waals surface area contributed by atoms with Crippen LogP contribution in [0.15, 0.2) is 67.0 Å². The molecule has 10 nitrogen and oxygen atoms in total. The maximum atomic E-state index is 14.8. The zero-order chi connectivity index (χ0) is 46.0. The Balaban J connectivity index is 0.723. The molecule has 2 aromatic heterocycles. The van der Waals surface area contributed by atoms with E-state index in [0.29, 0.717) is 58.1 Å². The Bertz CT molecular complexity index is 2810. The molecule has 6 heterocycles. The van der Waals surface area contributed by atoms with Crippen LogP contribution in [0, 0.1) is 39.9 Å². The minimum atomic E-state index is -2.64. The lowest BCUT2D eigenvalue weighted by Crippen LogP contribution is -2.41. The van der Waals surface area contributed by atoms with Crippen LogP contribution in [0.4, 0.5) is 31.7 Å². The van der Waals surface area contributed by atoms with E-state index in [-0.39, 0.29) is 17.5 Å². The fourth-order valence-corrected chi connectivity index (χ4v) is 12.8. The number of aryl methyl sites for hydroxylation is 2. The van der Waals surface area contributed by atoms with Crippen LogP contribution in [-0.4, -0.2) is 69.6 Å². The van der Waals surface area contributed by atoms with Crippen molar-refractivity contribution in [3.63, 3.8) is 0 Å². The molecule has 0 radical (unpaired) electrons. The first kappa shape index (κ1) is 43.7. The Morgan fingerprint density at radius 1 is 0.896 bits per heavy atom. The Kier molecular flexibility index (Phi) is 11.3. The van der Waals surface area contributed by atoms with Crippen LogP contribution in [0.3, 0.4) is 0 Å². The summed E-state index contributed by atoms with van der Waals surface area (Å²) < 4.78 is 33.5. The predicted molar refractivity (Wildman–Crippen MR) is 259 cm³/mol. The number of benzene rings is 3. The number of halogens is 3. The third kappa shape index (κ3) is 8.24. The number of hydrogen-bond donors (Lipinski definition) is 0. The van der Waals surface area contributed by atoms with Crippen molar-refractivity contribution in [1.29, 1.82) is 5.26 Å². The van der Waals surface area contributed by atoms with E-state index >= 15 is 0 Å². The van der Waals surface area contributed by atoms with Crippen LogP contribution >= 0.6 is 11.6 Å². The van der Waals surface area contributed by atoms with E-state index in [4.69, 9.17) is 16.7 Å². The second-order valence-corrected chi connectivity index (χ2v) is 20.9. The highest BCUT2D eigenvalue weighted by Gasteiger charge is 2.47. The van der Waals surface area contributed by atoms with E-state index in [2.05, 4.69) is 66.7 Å². The molecule has 2 spiro atoms. The van der Waals surface area contributed by atoms with Gasteiger partial charge in [0.15, 0.2) is 5.82 Å². The summed E-state index contributed by atoms with van der Waals surface area (Å²) >= 11 is 6.37. The summed E-state index contributed by atoms with van der Waals surface area (Å²) in [5.41, 5.74) is 9.96. The van der Waals surface area contributed by atoms with Crippen LogP contribution in [0.2, 0.25) is 5.02 Å². The molecule has 3 aromatic carbocycles. The first-order valence-electron chi connectivity index (χ1n) is 24.3. The second kappa shape index (κ2) is 17.3. The third-order valence-electron chi connectivity index (χ3n) is 16.5. The second-order valence-electron chi connectivity index (χ2n) is 20.5. The Hall–Kier alpha value is -5.85. The van der Waals surface area contributed by atoms with Crippen molar-refractivity contribution in [3.05, 3.63) is 106 Å². The van der Waals surface area contributed by atoms with Gasteiger partial charge in [0, 0.05) is 117 Å². The smallest absolute Gasteiger partial charge is 0.264 e.